The average Bonchev–Trinajstić information content (AvgIpc) is 2.39. The third kappa shape index (κ3) is 6.22. The van der Waals surface area contributed by atoms with Gasteiger partial charge in [0.2, 0.25) is 5.91 Å². The van der Waals surface area contributed by atoms with E-state index in [1.54, 1.807) is 0 Å². The van der Waals surface area contributed by atoms with Crippen LogP contribution in [0.1, 0.15) is 24.5 Å². The highest BCUT2D eigenvalue weighted by Crippen LogP contribution is 2.18. The SMILES string of the molecule is CC(=O)NCCCNC(=O)COc1cc(C)ccc1C. The molecule has 5 nitrogen and oxygen atoms in total. The van der Waals surface area contributed by atoms with Crippen LogP contribution in [-0.2, 0) is 9.59 Å². The van der Waals surface area contributed by atoms with Crippen LogP contribution in [0.25, 0.3) is 0 Å². The van der Waals surface area contributed by atoms with Crippen LogP contribution in [0, 0.1) is 13.8 Å². The van der Waals surface area contributed by atoms with E-state index in [1.807, 2.05) is 32.0 Å². The minimum Gasteiger partial charge on any atom is -0.483 e. The summed E-state index contributed by atoms with van der Waals surface area (Å²) in [5.74, 6) is 0.515. The molecule has 5 heteroatoms. The van der Waals surface area contributed by atoms with Gasteiger partial charge in [0.25, 0.3) is 5.91 Å². The van der Waals surface area contributed by atoms with E-state index < -0.39 is 0 Å². The lowest BCUT2D eigenvalue weighted by Gasteiger charge is -2.10. The van der Waals surface area contributed by atoms with Crippen molar-refractivity contribution in [3.63, 3.8) is 0 Å². The molecule has 0 radical (unpaired) electrons. The Labute approximate surface area is 119 Å². The van der Waals surface area contributed by atoms with Crippen LogP contribution in [0.4, 0.5) is 0 Å². The highest BCUT2D eigenvalue weighted by atomic mass is 16.5. The van der Waals surface area contributed by atoms with Crippen molar-refractivity contribution in [3.8, 4) is 5.75 Å². The van der Waals surface area contributed by atoms with E-state index in [-0.39, 0.29) is 18.4 Å². The third-order valence-electron chi connectivity index (χ3n) is 2.75. The number of carbonyl (C=O) groups is 2. The van der Waals surface area contributed by atoms with Crippen LogP contribution in [0.15, 0.2) is 18.2 Å². The van der Waals surface area contributed by atoms with Gasteiger partial charge < -0.3 is 15.4 Å². The Balaban J connectivity index is 2.23. The molecular formula is C15H22N2O3. The molecule has 0 aliphatic rings. The van der Waals surface area contributed by atoms with E-state index in [9.17, 15) is 9.59 Å². The molecule has 0 aliphatic heterocycles. The molecule has 0 fully saturated rings. The van der Waals surface area contributed by atoms with Crippen LogP contribution in [0.3, 0.4) is 0 Å². The molecule has 1 rings (SSSR count). The topological polar surface area (TPSA) is 67.4 Å². The first kappa shape index (κ1) is 16.0. The molecule has 0 spiro atoms. The smallest absolute Gasteiger partial charge is 0.257 e. The fourth-order valence-corrected chi connectivity index (χ4v) is 1.64. The van der Waals surface area contributed by atoms with Crippen LogP contribution in [0.5, 0.6) is 5.75 Å². The van der Waals surface area contributed by atoms with Gasteiger partial charge in [-0.05, 0) is 37.5 Å². The van der Waals surface area contributed by atoms with Crippen molar-refractivity contribution in [1.82, 2.24) is 10.6 Å². The number of ether oxygens (including phenoxy) is 1. The maximum absolute atomic E-state index is 11.6. The zero-order valence-corrected chi connectivity index (χ0v) is 12.3. The second-order valence-electron chi connectivity index (χ2n) is 4.74. The molecule has 1 aromatic rings. The number of hydrogen-bond acceptors (Lipinski definition) is 3. The van der Waals surface area contributed by atoms with Gasteiger partial charge in [-0.3, -0.25) is 9.59 Å². The second-order valence-corrected chi connectivity index (χ2v) is 4.74. The predicted octanol–water partition coefficient (Wildman–Crippen LogP) is 1.32. The molecule has 0 aromatic heterocycles. The summed E-state index contributed by atoms with van der Waals surface area (Å²) in [5, 5.41) is 5.41. The van der Waals surface area contributed by atoms with Crippen molar-refractivity contribution < 1.29 is 14.3 Å². The van der Waals surface area contributed by atoms with E-state index in [0.717, 1.165) is 16.9 Å². The first-order chi connectivity index (χ1) is 9.49. The van der Waals surface area contributed by atoms with Crippen LogP contribution < -0.4 is 15.4 Å². The van der Waals surface area contributed by atoms with Gasteiger partial charge >= 0.3 is 0 Å². The summed E-state index contributed by atoms with van der Waals surface area (Å²) in [6, 6.07) is 5.89. The first-order valence-electron chi connectivity index (χ1n) is 6.70. The highest BCUT2D eigenvalue weighted by Gasteiger charge is 2.04. The van der Waals surface area contributed by atoms with Crippen molar-refractivity contribution in [2.24, 2.45) is 0 Å². The molecular weight excluding hydrogens is 256 g/mol. The van der Waals surface area contributed by atoms with Crippen molar-refractivity contribution >= 4 is 11.8 Å². The molecule has 20 heavy (non-hydrogen) atoms. The molecule has 1 aromatic carbocycles. The summed E-state index contributed by atoms with van der Waals surface area (Å²) in [5.41, 5.74) is 2.11. The Bertz CT molecular complexity index is 472. The largest absolute Gasteiger partial charge is 0.483 e. The zero-order valence-electron chi connectivity index (χ0n) is 12.3. The minimum absolute atomic E-state index is 0.00440. The predicted molar refractivity (Wildman–Crippen MR) is 77.7 cm³/mol. The lowest BCUT2D eigenvalue weighted by molar-refractivity contribution is -0.123. The molecule has 0 bridgehead atoms. The van der Waals surface area contributed by atoms with Crippen LogP contribution in [-0.4, -0.2) is 31.5 Å². The zero-order chi connectivity index (χ0) is 15.0. The van der Waals surface area contributed by atoms with Gasteiger partial charge in [0.1, 0.15) is 5.75 Å². The van der Waals surface area contributed by atoms with Gasteiger partial charge in [-0.2, -0.15) is 0 Å². The first-order valence-corrected chi connectivity index (χ1v) is 6.70. The third-order valence-corrected chi connectivity index (χ3v) is 2.75. The second kappa shape index (κ2) is 8.19. The van der Waals surface area contributed by atoms with E-state index in [4.69, 9.17) is 4.74 Å². The number of aryl methyl sites for hydroxylation is 2. The van der Waals surface area contributed by atoms with E-state index in [0.29, 0.717) is 19.5 Å². The summed E-state index contributed by atoms with van der Waals surface area (Å²) in [4.78, 5) is 22.2. The Kier molecular flexibility index (Phi) is 6.56. The summed E-state index contributed by atoms with van der Waals surface area (Å²) < 4.78 is 5.49. The lowest BCUT2D eigenvalue weighted by Crippen LogP contribution is -2.32. The van der Waals surface area contributed by atoms with Crippen molar-refractivity contribution in [2.45, 2.75) is 27.2 Å². The van der Waals surface area contributed by atoms with Gasteiger partial charge in [0.15, 0.2) is 6.61 Å². The van der Waals surface area contributed by atoms with Gasteiger partial charge in [-0.25, -0.2) is 0 Å². The van der Waals surface area contributed by atoms with Crippen LogP contribution in [0.2, 0.25) is 0 Å². The molecule has 0 saturated carbocycles. The maximum Gasteiger partial charge on any atom is 0.257 e. The fraction of sp³-hybridized carbons (Fsp3) is 0.467. The molecule has 0 unspecified atom stereocenters. The molecule has 0 saturated heterocycles. The normalized spacial score (nSPS) is 9.95. The monoisotopic (exact) mass is 278 g/mol. The number of carbonyl (C=O) groups excluding carboxylic acids is 2. The van der Waals surface area contributed by atoms with E-state index in [2.05, 4.69) is 10.6 Å². The number of rotatable bonds is 7. The molecule has 2 N–H and O–H groups in total. The van der Waals surface area contributed by atoms with Gasteiger partial charge in [0, 0.05) is 20.0 Å². The van der Waals surface area contributed by atoms with Gasteiger partial charge in [-0.1, -0.05) is 12.1 Å². The Morgan fingerprint density at radius 2 is 1.85 bits per heavy atom. The maximum atomic E-state index is 11.6. The molecule has 2 amide bonds. The Morgan fingerprint density at radius 1 is 1.15 bits per heavy atom. The number of hydrogen-bond donors (Lipinski definition) is 2. The van der Waals surface area contributed by atoms with Crippen molar-refractivity contribution in [1.29, 1.82) is 0 Å². The highest BCUT2D eigenvalue weighted by molar-refractivity contribution is 5.77. The molecule has 110 valence electrons. The van der Waals surface area contributed by atoms with Crippen molar-refractivity contribution in [2.75, 3.05) is 19.7 Å². The van der Waals surface area contributed by atoms with Crippen molar-refractivity contribution in [3.05, 3.63) is 29.3 Å². The average molecular weight is 278 g/mol. The number of benzene rings is 1. The summed E-state index contributed by atoms with van der Waals surface area (Å²) >= 11 is 0. The number of amides is 2. The van der Waals surface area contributed by atoms with E-state index >= 15 is 0 Å². The Hall–Kier alpha value is -2.04. The van der Waals surface area contributed by atoms with Gasteiger partial charge in [0.05, 0.1) is 0 Å². The summed E-state index contributed by atoms with van der Waals surface area (Å²) in [6.45, 7) is 6.48. The van der Waals surface area contributed by atoms with E-state index in [1.165, 1.54) is 6.92 Å². The standard InChI is InChI=1S/C15H22N2O3/c1-11-5-6-12(2)14(9-11)20-10-15(19)17-8-4-7-16-13(3)18/h5-6,9H,4,7-8,10H2,1-3H3,(H,16,18)(H,17,19). The summed E-state index contributed by atoms with van der Waals surface area (Å²) in [6.07, 6.45) is 0.703. The Morgan fingerprint density at radius 3 is 2.55 bits per heavy atom. The molecule has 0 aliphatic carbocycles. The van der Waals surface area contributed by atoms with Gasteiger partial charge in [-0.15, -0.1) is 0 Å². The number of nitrogens with one attached hydrogen (secondary N) is 2. The van der Waals surface area contributed by atoms with Crippen LogP contribution >= 0.6 is 0 Å². The lowest BCUT2D eigenvalue weighted by atomic mass is 10.1. The molecule has 0 atom stereocenters. The minimum atomic E-state index is -0.159. The fourth-order valence-electron chi connectivity index (χ4n) is 1.64. The quantitative estimate of drug-likeness (QED) is 0.739. The molecule has 0 heterocycles. The summed E-state index contributed by atoms with van der Waals surface area (Å²) in [7, 11) is 0.